The Kier molecular flexibility index (Phi) is 4.77. The van der Waals surface area contributed by atoms with Gasteiger partial charge in [0.1, 0.15) is 0 Å². The average molecular weight is 410 g/mol. The van der Waals surface area contributed by atoms with Crippen LogP contribution in [0, 0.1) is 0 Å². The molecule has 152 valence electrons. The highest BCUT2D eigenvalue weighted by atomic mass is 19.4. The lowest BCUT2D eigenvalue weighted by molar-refractivity contribution is -0.137. The van der Waals surface area contributed by atoms with Crippen LogP contribution in [0.15, 0.2) is 66.9 Å². The van der Waals surface area contributed by atoms with Crippen LogP contribution >= 0.6 is 0 Å². The molecule has 0 fully saturated rings. The molecule has 0 unspecified atom stereocenters. The quantitative estimate of drug-likeness (QED) is 0.488. The molecule has 0 N–H and O–H groups in total. The molecule has 30 heavy (non-hydrogen) atoms. The van der Waals surface area contributed by atoms with Crippen LogP contribution in [0.2, 0.25) is 0 Å². The van der Waals surface area contributed by atoms with Crippen LogP contribution in [0.5, 0.6) is 0 Å². The van der Waals surface area contributed by atoms with Crippen molar-refractivity contribution >= 4 is 11.6 Å². The number of hydrogen-bond acceptors (Lipinski definition) is 3. The first-order chi connectivity index (χ1) is 14.2. The molecule has 1 amide bonds. The first-order valence-electron chi connectivity index (χ1n) is 9.08. The van der Waals surface area contributed by atoms with Gasteiger partial charge in [0, 0.05) is 31.4 Å². The molecule has 0 saturated carbocycles. The summed E-state index contributed by atoms with van der Waals surface area (Å²) in [5, 5.41) is 8.14. The molecule has 2 heterocycles. The summed E-state index contributed by atoms with van der Waals surface area (Å²) >= 11 is 0. The molecule has 8 heteroatoms. The van der Waals surface area contributed by atoms with Crippen LogP contribution < -0.4 is 0 Å². The third-order valence-electron chi connectivity index (χ3n) is 4.72. The van der Waals surface area contributed by atoms with Crippen molar-refractivity contribution in [2.24, 2.45) is 0 Å². The number of alkyl halides is 3. The van der Waals surface area contributed by atoms with E-state index in [1.165, 1.54) is 11.0 Å². The smallest absolute Gasteiger partial charge is 0.345 e. The maximum absolute atomic E-state index is 13.1. The van der Waals surface area contributed by atoms with E-state index in [0.717, 1.165) is 23.3 Å². The Morgan fingerprint density at radius 1 is 0.900 bits per heavy atom. The molecule has 0 aliphatic carbocycles. The molecule has 2 aromatic carbocycles. The second-order valence-corrected chi connectivity index (χ2v) is 7.03. The summed E-state index contributed by atoms with van der Waals surface area (Å²) < 4.78 is 40.9. The number of hydrogen-bond donors (Lipinski definition) is 0. The predicted molar refractivity (Wildman–Crippen MR) is 107 cm³/mol. The molecule has 4 aromatic rings. The van der Waals surface area contributed by atoms with E-state index in [4.69, 9.17) is 0 Å². The third-order valence-corrected chi connectivity index (χ3v) is 4.72. The molecule has 0 aliphatic heterocycles. The monoisotopic (exact) mass is 410 g/mol. The van der Waals surface area contributed by atoms with E-state index in [-0.39, 0.29) is 5.91 Å². The van der Waals surface area contributed by atoms with Gasteiger partial charge in [-0.1, -0.05) is 24.3 Å². The first-order valence-corrected chi connectivity index (χ1v) is 9.08. The minimum absolute atomic E-state index is 0.0948. The van der Waals surface area contributed by atoms with Gasteiger partial charge in [-0.25, -0.2) is 0 Å². The van der Waals surface area contributed by atoms with Crippen molar-refractivity contribution < 1.29 is 18.0 Å². The number of carbonyl (C=O) groups excluding carboxylic acids is 1. The SMILES string of the molecule is CN(C)C(=O)c1ccc(-c2ccc3nnc(-c4cccc(C(F)(F)F)c4)n3c2)cc1. The first kappa shape index (κ1) is 19.6. The van der Waals surface area contributed by atoms with Crippen LogP contribution in [0.4, 0.5) is 13.2 Å². The number of nitrogens with zero attached hydrogens (tertiary/aromatic N) is 4. The van der Waals surface area contributed by atoms with E-state index in [1.54, 1.807) is 49.0 Å². The highest BCUT2D eigenvalue weighted by Crippen LogP contribution is 2.32. The molecule has 0 spiro atoms. The van der Waals surface area contributed by atoms with Crippen molar-refractivity contribution in [2.45, 2.75) is 6.18 Å². The van der Waals surface area contributed by atoms with Crippen LogP contribution in [0.1, 0.15) is 15.9 Å². The Balaban J connectivity index is 1.75. The van der Waals surface area contributed by atoms with E-state index in [0.29, 0.717) is 22.6 Å². The zero-order valence-electron chi connectivity index (χ0n) is 16.2. The molecule has 0 saturated heterocycles. The Morgan fingerprint density at radius 2 is 1.60 bits per heavy atom. The molecular weight excluding hydrogens is 393 g/mol. The summed E-state index contributed by atoms with van der Waals surface area (Å²) in [6.45, 7) is 0. The number of carbonyl (C=O) groups is 1. The van der Waals surface area contributed by atoms with Crippen LogP contribution in [0.3, 0.4) is 0 Å². The number of benzene rings is 2. The van der Waals surface area contributed by atoms with E-state index in [2.05, 4.69) is 10.2 Å². The summed E-state index contributed by atoms with van der Waals surface area (Å²) in [5.41, 5.74) is 2.34. The van der Waals surface area contributed by atoms with E-state index in [1.807, 2.05) is 18.2 Å². The highest BCUT2D eigenvalue weighted by Gasteiger charge is 2.30. The normalized spacial score (nSPS) is 11.6. The molecule has 5 nitrogen and oxygen atoms in total. The van der Waals surface area contributed by atoms with Crippen molar-refractivity contribution in [3.8, 4) is 22.5 Å². The number of pyridine rings is 1. The summed E-state index contributed by atoms with van der Waals surface area (Å²) in [7, 11) is 3.37. The third kappa shape index (κ3) is 3.63. The average Bonchev–Trinajstić information content (AvgIpc) is 3.16. The van der Waals surface area contributed by atoms with Crippen LogP contribution in [-0.2, 0) is 6.18 Å². The highest BCUT2D eigenvalue weighted by molar-refractivity contribution is 5.94. The summed E-state index contributed by atoms with van der Waals surface area (Å²) in [6.07, 6.45) is -2.67. The fraction of sp³-hybridized carbons (Fsp3) is 0.136. The van der Waals surface area contributed by atoms with Gasteiger partial charge in [-0.15, -0.1) is 10.2 Å². The van der Waals surface area contributed by atoms with Crippen molar-refractivity contribution in [3.63, 3.8) is 0 Å². The molecule has 4 rings (SSSR count). The standard InChI is InChI=1S/C22H17F3N4O/c1-28(2)21(30)15-8-6-14(7-9-15)17-10-11-19-26-27-20(29(19)13-17)16-4-3-5-18(12-16)22(23,24)25/h3-13H,1-2H3. The summed E-state index contributed by atoms with van der Waals surface area (Å²) in [5.74, 6) is 0.222. The lowest BCUT2D eigenvalue weighted by atomic mass is 10.0. The van der Waals surface area contributed by atoms with Gasteiger partial charge in [-0.2, -0.15) is 13.2 Å². The molecule has 0 bridgehead atoms. The fourth-order valence-corrected chi connectivity index (χ4v) is 3.16. The second kappa shape index (κ2) is 7.29. The number of rotatable bonds is 3. The van der Waals surface area contributed by atoms with Gasteiger partial charge in [-0.05, 0) is 47.5 Å². The van der Waals surface area contributed by atoms with Gasteiger partial charge in [-0.3, -0.25) is 9.20 Å². The van der Waals surface area contributed by atoms with E-state index in [9.17, 15) is 18.0 Å². The molecule has 0 radical (unpaired) electrons. The van der Waals surface area contributed by atoms with Gasteiger partial charge in [0.2, 0.25) is 0 Å². The number of fused-ring (bicyclic) bond motifs is 1. The van der Waals surface area contributed by atoms with E-state index >= 15 is 0 Å². The minimum atomic E-state index is -4.44. The minimum Gasteiger partial charge on any atom is -0.345 e. The van der Waals surface area contributed by atoms with E-state index < -0.39 is 11.7 Å². The zero-order chi connectivity index (χ0) is 21.5. The van der Waals surface area contributed by atoms with Crippen LogP contribution in [-0.4, -0.2) is 39.5 Å². The zero-order valence-corrected chi connectivity index (χ0v) is 16.2. The second-order valence-electron chi connectivity index (χ2n) is 7.03. The molecule has 0 atom stereocenters. The molecule has 2 aromatic heterocycles. The number of amides is 1. The summed E-state index contributed by atoms with van der Waals surface area (Å²) in [4.78, 5) is 13.6. The lowest BCUT2D eigenvalue weighted by Crippen LogP contribution is -2.21. The topological polar surface area (TPSA) is 50.5 Å². The molecular formula is C22H17F3N4O. The van der Waals surface area contributed by atoms with Gasteiger partial charge >= 0.3 is 6.18 Å². The molecule has 0 aliphatic rings. The van der Waals surface area contributed by atoms with Crippen molar-refractivity contribution in [2.75, 3.05) is 14.1 Å². The Bertz CT molecular complexity index is 1230. The summed E-state index contributed by atoms with van der Waals surface area (Å²) in [6, 6.07) is 15.7. The Hall–Kier alpha value is -3.68. The largest absolute Gasteiger partial charge is 0.416 e. The van der Waals surface area contributed by atoms with Crippen molar-refractivity contribution in [3.05, 3.63) is 78.0 Å². The fourth-order valence-electron chi connectivity index (χ4n) is 3.16. The van der Waals surface area contributed by atoms with Crippen molar-refractivity contribution in [1.82, 2.24) is 19.5 Å². The van der Waals surface area contributed by atoms with Crippen molar-refractivity contribution in [1.29, 1.82) is 0 Å². The Labute approximate surface area is 170 Å². The lowest BCUT2D eigenvalue weighted by Gasteiger charge is -2.11. The predicted octanol–water partition coefficient (Wildman–Crippen LogP) is 4.78. The van der Waals surface area contributed by atoms with Gasteiger partial charge in [0.05, 0.1) is 5.56 Å². The van der Waals surface area contributed by atoms with Crippen LogP contribution in [0.25, 0.3) is 28.2 Å². The maximum Gasteiger partial charge on any atom is 0.416 e. The van der Waals surface area contributed by atoms with Gasteiger partial charge < -0.3 is 4.90 Å². The number of aromatic nitrogens is 3. The van der Waals surface area contributed by atoms with Gasteiger partial charge in [0.25, 0.3) is 5.91 Å². The number of halogens is 3. The Morgan fingerprint density at radius 3 is 2.27 bits per heavy atom. The van der Waals surface area contributed by atoms with Gasteiger partial charge in [0.15, 0.2) is 11.5 Å². The maximum atomic E-state index is 13.1.